The third-order valence-corrected chi connectivity index (χ3v) is 7.56. The highest BCUT2D eigenvalue weighted by Crippen LogP contribution is 2.54. The molecule has 0 fully saturated rings. The molecule has 3 rings (SSSR count). The molecule has 0 saturated heterocycles. The van der Waals surface area contributed by atoms with E-state index in [0.29, 0.717) is 10.6 Å². The summed E-state index contributed by atoms with van der Waals surface area (Å²) in [5, 5.41) is 11.6. The summed E-state index contributed by atoms with van der Waals surface area (Å²) in [6.07, 6.45) is -1.60. The minimum Gasteiger partial charge on any atom is -0.385 e. The third kappa shape index (κ3) is 3.41. The van der Waals surface area contributed by atoms with Crippen molar-refractivity contribution in [3.05, 3.63) is 95.5 Å². The number of hydrogen-bond acceptors (Lipinski definition) is 2. The van der Waals surface area contributed by atoms with Gasteiger partial charge in [0.05, 0.1) is 0 Å². The SMILES string of the molecule is O=P(c1ccccc1)(c1ccccc1)[C@H](F)[C@@H](O)c1ccccc1Cl. The van der Waals surface area contributed by atoms with Crippen molar-refractivity contribution in [2.75, 3.05) is 0 Å². The van der Waals surface area contributed by atoms with Crippen LogP contribution in [0.5, 0.6) is 0 Å². The smallest absolute Gasteiger partial charge is 0.190 e. The molecule has 25 heavy (non-hydrogen) atoms. The molecule has 2 atom stereocenters. The van der Waals surface area contributed by atoms with Crippen LogP contribution in [0.2, 0.25) is 5.02 Å². The second-order valence-electron chi connectivity index (χ2n) is 5.67. The van der Waals surface area contributed by atoms with E-state index >= 15 is 4.39 Å². The Hall–Kier alpha value is -1.93. The Balaban J connectivity index is 2.13. The number of rotatable bonds is 5. The van der Waals surface area contributed by atoms with Gasteiger partial charge in [-0.15, -0.1) is 0 Å². The van der Waals surface area contributed by atoms with Gasteiger partial charge < -0.3 is 9.67 Å². The number of alkyl halides is 1. The molecule has 0 aliphatic heterocycles. The molecule has 0 amide bonds. The van der Waals surface area contributed by atoms with Gasteiger partial charge in [0.25, 0.3) is 0 Å². The van der Waals surface area contributed by atoms with Gasteiger partial charge in [0.15, 0.2) is 13.1 Å². The number of benzene rings is 3. The molecule has 0 bridgehead atoms. The topological polar surface area (TPSA) is 37.3 Å². The maximum atomic E-state index is 15.5. The monoisotopic (exact) mass is 374 g/mol. The van der Waals surface area contributed by atoms with Gasteiger partial charge in [-0.2, -0.15) is 0 Å². The van der Waals surface area contributed by atoms with Crippen molar-refractivity contribution in [1.29, 1.82) is 0 Å². The average Bonchev–Trinajstić information content (AvgIpc) is 2.68. The van der Waals surface area contributed by atoms with Crippen LogP contribution >= 0.6 is 18.7 Å². The zero-order chi connectivity index (χ0) is 17.9. The van der Waals surface area contributed by atoms with Crippen LogP contribution in [-0.2, 0) is 4.57 Å². The Labute approximate surface area is 151 Å². The van der Waals surface area contributed by atoms with Crippen molar-refractivity contribution < 1.29 is 14.1 Å². The van der Waals surface area contributed by atoms with Crippen LogP contribution in [0.3, 0.4) is 0 Å². The van der Waals surface area contributed by atoms with Crippen LogP contribution < -0.4 is 10.6 Å². The summed E-state index contributed by atoms with van der Waals surface area (Å²) in [4.78, 5) is 0. The van der Waals surface area contributed by atoms with E-state index in [1.165, 1.54) is 0 Å². The number of aliphatic hydroxyl groups excluding tert-OH is 1. The first-order valence-corrected chi connectivity index (χ1v) is 9.98. The highest BCUT2D eigenvalue weighted by molar-refractivity contribution is 7.79. The summed E-state index contributed by atoms with van der Waals surface area (Å²) < 4.78 is 29.4. The van der Waals surface area contributed by atoms with Crippen LogP contribution in [0.15, 0.2) is 84.9 Å². The lowest BCUT2D eigenvalue weighted by Gasteiger charge is -2.27. The number of aliphatic hydroxyl groups is 1. The lowest BCUT2D eigenvalue weighted by molar-refractivity contribution is 0.119. The Morgan fingerprint density at radius 3 is 1.72 bits per heavy atom. The molecule has 0 aliphatic carbocycles. The molecular weight excluding hydrogens is 358 g/mol. The van der Waals surface area contributed by atoms with Crippen molar-refractivity contribution in [2.45, 2.75) is 12.0 Å². The van der Waals surface area contributed by atoms with Gasteiger partial charge in [0.2, 0.25) is 0 Å². The summed E-state index contributed by atoms with van der Waals surface area (Å²) in [5.74, 6) is -2.02. The van der Waals surface area contributed by atoms with Crippen molar-refractivity contribution in [1.82, 2.24) is 0 Å². The average molecular weight is 375 g/mol. The first kappa shape index (κ1) is 17.9. The van der Waals surface area contributed by atoms with Gasteiger partial charge >= 0.3 is 0 Å². The number of halogens is 2. The Kier molecular flexibility index (Phi) is 5.39. The largest absolute Gasteiger partial charge is 0.385 e. The summed E-state index contributed by atoms with van der Waals surface area (Å²) >= 11 is 6.09. The first-order chi connectivity index (χ1) is 12.0. The van der Waals surface area contributed by atoms with E-state index in [9.17, 15) is 9.67 Å². The van der Waals surface area contributed by atoms with E-state index in [1.807, 2.05) is 0 Å². The molecule has 0 aliphatic rings. The van der Waals surface area contributed by atoms with E-state index in [0.717, 1.165) is 0 Å². The van der Waals surface area contributed by atoms with Gasteiger partial charge in [-0.1, -0.05) is 90.5 Å². The molecule has 0 heterocycles. The second-order valence-corrected chi connectivity index (χ2v) is 8.92. The van der Waals surface area contributed by atoms with Crippen LogP contribution in [0.25, 0.3) is 0 Å². The van der Waals surface area contributed by atoms with Crippen LogP contribution in [0, 0.1) is 0 Å². The molecule has 3 aromatic rings. The Morgan fingerprint density at radius 2 is 1.24 bits per heavy atom. The zero-order valence-corrected chi connectivity index (χ0v) is 14.9. The third-order valence-electron chi connectivity index (χ3n) is 4.11. The quantitative estimate of drug-likeness (QED) is 0.658. The zero-order valence-electron chi connectivity index (χ0n) is 13.3. The normalized spacial score (nSPS) is 14.0. The van der Waals surface area contributed by atoms with Crippen molar-refractivity contribution in [3.8, 4) is 0 Å². The van der Waals surface area contributed by atoms with Crippen LogP contribution in [-0.4, -0.2) is 11.0 Å². The molecule has 0 saturated carbocycles. The van der Waals surface area contributed by atoms with E-state index in [-0.39, 0.29) is 10.6 Å². The molecule has 0 radical (unpaired) electrons. The van der Waals surface area contributed by atoms with Crippen molar-refractivity contribution in [3.63, 3.8) is 0 Å². The standard InChI is InChI=1S/C20H17ClFO2P/c21-18-14-8-7-13-17(18)19(23)20(22)25(24,15-9-3-1-4-10-15)16-11-5-2-6-12-16/h1-14,19-20,23H/t19-,20-/m0/s1. The highest BCUT2D eigenvalue weighted by Gasteiger charge is 2.42. The Morgan fingerprint density at radius 1 is 0.800 bits per heavy atom. The van der Waals surface area contributed by atoms with Gasteiger partial charge in [-0.05, 0) is 6.07 Å². The maximum Gasteiger partial charge on any atom is 0.190 e. The summed E-state index contributed by atoms with van der Waals surface area (Å²) in [7, 11) is -3.73. The van der Waals surface area contributed by atoms with Crippen molar-refractivity contribution >= 4 is 29.4 Å². The summed E-state index contributed by atoms with van der Waals surface area (Å²) in [5.41, 5.74) is 0.226. The maximum absolute atomic E-state index is 15.5. The predicted molar refractivity (Wildman–Crippen MR) is 101 cm³/mol. The molecular formula is C20H17ClFO2P. The highest BCUT2D eigenvalue weighted by atomic mass is 35.5. The minimum absolute atomic E-state index is 0.226. The van der Waals surface area contributed by atoms with E-state index in [2.05, 4.69) is 0 Å². The van der Waals surface area contributed by atoms with Gasteiger partial charge in [-0.25, -0.2) is 4.39 Å². The lowest BCUT2D eigenvalue weighted by atomic mass is 10.1. The molecule has 2 nitrogen and oxygen atoms in total. The van der Waals surface area contributed by atoms with Gasteiger partial charge in [0.1, 0.15) is 6.10 Å². The minimum atomic E-state index is -3.73. The summed E-state index contributed by atoms with van der Waals surface area (Å²) in [6.45, 7) is 0. The van der Waals surface area contributed by atoms with Crippen molar-refractivity contribution in [2.24, 2.45) is 0 Å². The molecule has 1 N–H and O–H groups in total. The molecule has 128 valence electrons. The molecule has 0 spiro atoms. The van der Waals surface area contributed by atoms with Crippen LogP contribution in [0.1, 0.15) is 11.7 Å². The summed E-state index contributed by atoms with van der Waals surface area (Å²) in [6, 6.07) is 23.3. The van der Waals surface area contributed by atoms with E-state index < -0.39 is 19.2 Å². The molecule has 0 unspecified atom stereocenters. The first-order valence-electron chi connectivity index (χ1n) is 7.82. The lowest BCUT2D eigenvalue weighted by Crippen LogP contribution is -2.27. The van der Waals surface area contributed by atoms with E-state index in [1.54, 1.807) is 84.9 Å². The van der Waals surface area contributed by atoms with Gasteiger partial charge in [-0.3, -0.25) is 0 Å². The fourth-order valence-electron chi connectivity index (χ4n) is 2.79. The van der Waals surface area contributed by atoms with Crippen LogP contribution in [0.4, 0.5) is 4.39 Å². The molecule has 5 heteroatoms. The fraction of sp³-hybridized carbons (Fsp3) is 0.100. The number of hydrogen-bond donors (Lipinski definition) is 1. The second kappa shape index (κ2) is 7.53. The molecule has 0 aromatic heterocycles. The van der Waals surface area contributed by atoms with E-state index in [4.69, 9.17) is 11.6 Å². The fourth-order valence-corrected chi connectivity index (χ4v) is 5.70. The molecule has 3 aromatic carbocycles. The predicted octanol–water partition coefficient (Wildman–Crippen LogP) is 4.68. The van der Waals surface area contributed by atoms with Gasteiger partial charge in [0, 0.05) is 21.2 Å². The Bertz CT molecular complexity index is 843.